The van der Waals surface area contributed by atoms with Crippen LogP contribution in [0.25, 0.3) is 0 Å². The molecule has 0 aromatic rings. The van der Waals surface area contributed by atoms with Crippen molar-refractivity contribution in [2.24, 2.45) is 5.73 Å². The Bertz CT molecular complexity index is 248. The van der Waals surface area contributed by atoms with Crippen molar-refractivity contribution in [2.45, 2.75) is 25.5 Å². The Labute approximate surface area is 72.9 Å². The molecule has 3 nitrogen and oxygen atoms in total. The number of sulfone groups is 1. The molecule has 5 heteroatoms. The van der Waals surface area contributed by atoms with Crippen molar-refractivity contribution < 1.29 is 8.42 Å². The van der Waals surface area contributed by atoms with Crippen LogP contribution in [0.1, 0.15) is 20.8 Å². The third-order valence-electron chi connectivity index (χ3n) is 1.27. The van der Waals surface area contributed by atoms with Gasteiger partial charge in [-0.3, -0.25) is 0 Å². The third-order valence-corrected chi connectivity index (χ3v) is 4.15. The van der Waals surface area contributed by atoms with E-state index >= 15 is 0 Å². The van der Waals surface area contributed by atoms with E-state index in [-0.39, 0.29) is 10.7 Å². The van der Waals surface area contributed by atoms with Crippen LogP contribution in [-0.2, 0) is 9.84 Å². The van der Waals surface area contributed by atoms with Crippen molar-refractivity contribution in [3.05, 3.63) is 0 Å². The standard InChI is InChI=1S/C6H13NO2S2/c1-6(2,3)11(8,9)4-5(7)10/h4H2,1-3H3,(H2,7,10). The number of hydrogen-bond acceptors (Lipinski definition) is 3. The normalized spacial score (nSPS) is 13.0. The van der Waals surface area contributed by atoms with Crippen molar-refractivity contribution in [2.75, 3.05) is 5.75 Å². The van der Waals surface area contributed by atoms with Gasteiger partial charge in [0.15, 0.2) is 9.84 Å². The summed E-state index contributed by atoms with van der Waals surface area (Å²) in [7, 11) is -3.16. The van der Waals surface area contributed by atoms with Crippen LogP contribution in [0.5, 0.6) is 0 Å². The Morgan fingerprint density at radius 1 is 1.45 bits per heavy atom. The van der Waals surface area contributed by atoms with Gasteiger partial charge in [-0.15, -0.1) is 0 Å². The van der Waals surface area contributed by atoms with Gasteiger partial charge in [0.1, 0.15) is 5.75 Å². The van der Waals surface area contributed by atoms with Crippen molar-refractivity contribution in [1.29, 1.82) is 0 Å². The van der Waals surface area contributed by atoms with Crippen LogP contribution in [0, 0.1) is 0 Å². The summed E-state index contributed by atoms with van der Waals surface area (Å²) in [6, 6.07) is 0. The van der Waals surface area contributed by atoms with Crippen LogP contribution in [-0.4, -0.2) is 23.9 Å². The lowest BCUT2D eigenvalue weighted by Crippen LogP contribution is -2.35. The summed E-state index contributed by atoms with van der Waals surface area (Å²) >= 11 is 4.51. The fraction of sp³-hybridized carbons (Fsp3) is 0.833. The van der Waals surface area contributed by atoms with E-state index in [0.29, 0.717) is 0 Å². The number of thiocarbonyl (C=S) groups is 1. The Balaban J connectivity index is 4.64. The average molecular weight is 195 g/mol. The maximum atomic E-state index is 11.3. The largest absolute Gasteiger partial charge is 0.392 e. The summed E-state index contributed by atoms with van der Waals surface area (Å²) in [4.78, 5) is 0.0277. The van der Waals surface area contributed by atoms with Gasteiger partial charge in [-0.2, -0.15) is 0 Å². The molecular weight excluding hydrogens is 182 g/mol. The van der Waals surface area contributed by atoms with E-state index in [0.717, 1.165) is 0 Å². The summed E-state index contributed by atoms with van der Waals surface area (Å²) in [5.74, 6) is -0.203. The lowest BCUT2D eigenvalue weighted by molar-refractivity contribution is 0.564. The van der Waals surface area contributed by atoms with Gasteiger partial charge in [0.25, 0.3) is 0 Å². The van der Waals surface area contributed by atoms with Gasteiger partial charge in [-0.05, 0) is 20.8 Å². The predicted molar refractivity (Wildman–Crippen MR) is 50.3 cm³/mol. The maximum absolute atomic E-state index is 11.3. The Hall–Kier alpha value is -0.160. The molecule has 0 unspecified atom stereocenters. The highest BCUT2D eigenvalue weighted by Gasteiger charge is 2.29. The highest BCUT2D eigenvalue weighted by Crippen LogP contribution is 2.15. The van der Waals surface area contributed by atoms with Crippen molar-refractivity contribution in [3.63, 3.8) is 0 Å². The summed E-state index contributed by atoms with van der Waals surface area (Å²) in [6.45, 7) is 4.88. The van der Waals surface area contributed by atoms with Crippen LogP contribution in [0.2, 0.25) is 0 Å². The van der Waals surface area contributed by atoms with Gasteiger partial charge in [-0.25, -0.2) is 8.42 Å². The molecule has 0 aliphatic rings. The second-order valence-electron chi connectivity index (χ2n) is 3.34. The highest BCUT2D eigenvalue weighted by atomic mass is 32.2. The van der Waals surface area contributed by atoms with Gasteiger partial charge in [-0.1, -0.05) is 12.2 Å². The topological polar surface area (TPSA) is 60.2 Å². The molecule has 2 N–H and O–H groups in total. The quantitative estimate of drug-likeness (QED) is 0.651. The first-order valence-electron chi connectivity index (χ1n) is 3.17. The van der Waals surface area contributed by atoms with Gasteiger partial charge in [0.2, 0.25) is 0 Å². The number of nitrogens with two attached hydrogens (primary N) is 1. The van der Waals surface area contributed by atoms with E-state index < -0.39 is 14.6 Å². The van der Waals surface area contributed by atoms with Crippen molar-refractivity contribution in [1.82, 2.24) is 0 Å². The molecular formula is C6H13NO2S2. The first kappa shape index (κ1) is 10.8. The van der Waals surface area contributed by atoms with E-state index in [2.05, 4.69) is 12.2 Å². The van der Waals surface area contributed by atoms with E-state index in [4.69, 9.17) is 5.73 Å². The molecule has 0 spiro atoms. The average Bonchev–Trinajstić information content (AvgIpc) is 1.56. The first-order valence-corrected chi connectivity index (χ1v) is 5.23. The molecule has 0 radical (unpaired) electrons. The van der Waals surface area contributed by atoms with Gasteiger partial charge < -0.3 is 5.73 Å². The monoisotopic (exact) mass is 195 g/mol. The molecule has 0 saturated heterocycles. The lowest BCUT2D eigenvalue weighted by atomic mass is 10.3. The van der Waals surface area contributed by atoms with E-state index in [9.17, 15) is 8.42 Å². The molecule has 0 aromatic heterocycles. The van der Waals surface area contributed by atoms with Crippen LogP contribution in [0.4, 0.5) is 0 Å². The maximum Gasteiger partial charge on any atom is 0.161 e. The van der Waals surface area contributed by atoms with Gasteiger partial charge in [0, 0.05) is 0 Å². The minimum Gasteiger partial charge on any atom is -0.392 e. The second kappa shape index (κ2) is 3.06. The molecule has 0 heterocycles. The van der Waals surface area contributed by atoms with E-state index in [1.165, 1.54) is 0 Å². The molecule has 0 amide bonds. The summed E-state index contributed by atoms with van der Waals surface area (Å²) < 4.78 is 21.8. The molecule has 0 bridgehead atoms. The van der Waals surface area contributed by atoms with Crippen molar-refractivity contribution >= 4 is 27.0 Å². The van der Waals surface area contributed by atoms with Crippen molar-refractivity contribution in [3.8, 4) is 0 Å². The zero-order chi connectivity index (χ0) is 9.28. The molecule has 11 heavy (non-hydrogen) atoms. The number of hydrogen-bond donors (Lipinski definition) is 1. The molecule has 0 aliphatic heterocycles. The zero-order valence-electron chi connectivity index (χ0n) is 6.92. The summed E-state index contributed by atoms with van der Waals surface area (Å²) in [5.41, 5.74) is 5.13. The highest BCUT2D eigenvalue weighted by molar-refractivity contribution is 7.95. The molecule has 0 fully saturated rings. The minimum atomic E-state index is -3.16. The fourth-order valence-corrected chi connectivity index (χ4v) is 1.68. The SMILES string of the molecule is CC(C)(C)S(=O)(=O)CC(N)=S. The summed E-state index contributed by atoms with van der Waals surface area (Å²) in [5, 5.41) is 0. The van der Waals surface area contributed by atoms with E-state index in [1.807, 2.05) is 0 Å². The lowest BCUT2D eigenvalue weighted by Gasteiger charge is -2.18. The van der Waals surface area contributed by atoms with Crippen LogP contribution >= 0.6 is 12.2 Å². The Morgan fingerprint density at radius 3 is 1.91 bits per heavy atom. The minimum absolute atomic E-state index is 0.0277. The van der Waals surface area contributed by atoms with Crippen LogP contribution < -0.4 is 5.73 Å². The first-order chi connectivity index (χ1) is 4.67. The second-order valence-corrected chi connectivity index (χ2v) is 6.61. The molecule has 0 rings (SSSR count). The van der Waals surface area contributed by atoms with Crippen LogP contribution in [0.15, 0.2) is 0 Å². The van der Waals surface area contributed by atoms with Gasteiger partial charge >= 0.3 is 0 Å². The smallest absolute Gasteiger partial charge is 0.161 e. The molecule has 66 valence electrons. The Kier molecular flexibility index (Phi) is 3.02. The number of rotatable bonds is 2. The predicted octanol–water partition coefficient (Wildman–Crippen LogP) is 0.486. The van der Waals surface area contributed by atoms with E-state index in [1.54, 1.807) is 20.8 Å². The molecule has 0 aliphatic carbocycles. The fourth-order valence-electron chi connectivity index (χ4n) is 0.404. The Morgan fingerprint density at radius 2 is 1.82 bits per heavy atom. The molecule has 0 atom stereocenters. The third kappa shape index (κ3) is 3.16. The molecule has 0 aromatic carbocycles. The molecule has 0 saturated carbocycles. The zero-order valence-corrected chi connectivity index (χ0v) is 8.55. The van der Waals surface area contributed by atoms with Gasteiger partial charge in [0.05, 0.1) is 9.74 Å². The van der Waals surface area contributed by atoms with Crippen LogP contribution in [0.3, 0.4) is 0 Å². The summed E-state index contributed by atoms with van der Waals surface area (Å²) in [6.07, 6.45) is 0.